The van der Waals surface area contributed by atoms with E-state index in [2.05, 4.69) is 19.6 Å². The molecule has 3 heterocycles. The van der Waals surface area contributed by atoms with Gasteiger partial charge in [-0.2, -0.15) is 23.4 Å². The fraction of sp³-hybridized carbons (Fsp3) is 0.600. The summed E-state index contributed by atoms with van der Waals surface area (Å²) >= 11 is 0. The topological polar surface area (TPSA) is 97.3 Å². The number of rotatable bonds is 5. The highest BCUT2D eigenvalue weighted by Gasteiger charge is 2.39. The summed E-state index contributed by atoms with van der Waals surface area (Å²) in [5, 5.41) is 12.6. The Morgan fingerprint density at radius 3 is 2.39 bits per heavy atom. The molecule has 2 aromatic rings. The van der Waals surface area contributed by atoms with E-state index in [1.807, 2.05) is 6.07 Å². The van der Waals surface area contributed by atoms with E-state index in [0.29, 0.717) is 31.7 Å². The van der Waals surface area contributed by atoms with Gasteiger partial charge in [-0.15, -0.1) is 0 Å². The molecule has 1 aliphatic heterocycles. The van der Waals surface area contributed by atoms with Crippen LogP contribution in [0.5, 0.6) is 5.75 Å². The molecule has 1 aliphatic carbocycles. The minimum Gasteiger partial charge on any atom is -0.487 e. The molecule has 4 rings (SSSR count). The zero-order valence-electron chi connectivity index (χ0n) is 16.7. The molecule has 2 fully saturated rings. The fourth-order valence-electron chi connectivity index (χ4n) is 3.96. The van der Waals surface area contributed by atoms with Crippen LogP contribution < -0.4 is 9.64 Å². The highest BCUT2D eigenvalue weighted by molar-refractivity contribution is 5.36. The number of ether oxygens (including phenoxy) is 2. The first-order chi connectivity index (χ1) is 14.9. The van der Waals surface area contributed by atoms with Crippen LogP contribution in [0.1, 0.15) is 50.1 Å². The van der Waals surface area contributed by atoms with Crippen molar-refractivity contribution in [2.24, 2.45) is 0 Å². The molecule has 1 saturated heterocycles. The maximum Gasteiger partial charge on any atom is 0.471 e. The number of piperidine rings is 1. The van der Waals surface area contributed by atoms with Crippen molar-refractivity contribution in [2.75, 3.05) is 18.0 Å². The SMILES string of the molecule is N#Cc1ncccc1OC1CCC(OC2CCN(c3noc(C(F)(F)F)n3)CC2)CC1. The van der Waals surface area contributed by atoms with E-state index >= 15 is 0 Å². The summed E-state index contributed by atoms with van der Waals surface area (Å²) in [5.41, 5.74) is 0.289. The van der Waals surface area contributed by atoms with Gasteiger partial charge in [-0.25, -0.2) is 4.98 Å². The Kier molecular flexibility index (Phi) is 6.27. The average molecular weight is 437 g/mol. The minimum atomic E-state index is -4.64. The Hall–Kier alpha value is -2.87. The van der Waals surface area contributed by atoms with Crippen molar-refractivity contribution >= 4 is 5.95 Å². The number of hydrogen-bond acceptors (Lipinski definition) is 8. The molecule has 0 spiro atoms. The van der Waals surface area contributed by atoms with Gasteiger partial charge < -0.3 is 18.9 Å². The van der Waals surface area contributed by atoms with Gasteiger partial charge in [-0.05, 0) is 55.8 Å². The van der Waals surface area contributed by atoms with Gasteiger partial charge in [-0.3, -0.25) is 0 Å². The molecular weight excluding hydrogens is 415 g/mol. The molecule has 0 N–H and O–H groups in total. The van der Waals surface area contributed by atoms with Crippen LogP contribution in [-0.4, -0.2) is 46.5 Å². The molecule has 0 radical (unpaired) electrons. The Bertz CT molecular complexity index is 913. The molecule has 166 valence electrons. The maximum atomic E-state index is 12.6. The monoisotopic (exact) mass is 437 g/mol. The first-order valence-electron chi connectivity index (χ1n) is 10.3. The summed E-state index contributed by atoms with van der Waals surface area (Å²) in [5.74, 6) is -0.847. The van der Waals surface area contributed by atoms with Crippen LogP contribution in [0, 0.1) is 11.3 Å². The van der Waals surface area contributed by atoms with Crippen molar-refractivity contribution in [3.05, 3.63) is 29.9 Å². The van der Waals surface area contributed by atoms with E-state index in [1.54, 1.807) is 23.2 Å². The Morgan fingerprint density at radius 1 is 1.06 bits per heavy atom. The molecule has 0 aromatic carbocycles. The summed E-state index contributed by atoms with van der Waals surface area (Å²) in [6.45, 7) is 1.02. The molecular formula is C20H22F3N5O3. The zero-order chi connectivity index (χ0) is 21.8. The van der Waals surface area contributed by atoms with Crippen LogP contribution in [0.15, 0.2) is 22.9 Å². The van der Waals surface area contributed by atoms with E-state index < -0.39 is 12.1 Å². The molecule has 0 bridgehead atoms. The largest absolute Gasteiger partial charge is 0.487 e. The summed E-state index contributed by atoms with van der Waals surface area (Å²) in [7, 11) is 0. The number of nitriles is 1. The van der Waals surface area contributed by atoms with Crippen LogP contribution in [0.4, 0.5) is 19.1 Å². The average Bonchev–Trinajstić information content (AvgIpc) is 3.27. The maximum absolute atomic E-state index is 12.6. The lowest BCUT2D eigenvalue weighted by Gasteiger charge is -2.35. The molecule has 0 atom stereocenters. The van der Waals surface area contributed by atoms with E-state index in [-0.39, 0.29) is 30.0 Å². The molecule has 1 saturated carbocycles. The number of pyridine rings is 1. The predicted octanol–water partition coefficient (Wildman–Crippen LogP) is 3.73. The highest BCUT2D eigenvalue weighted by atomic mass is 19.4. The summed E-state index contributed by atoms with van der Waals surface area (Å²) in [4.78, 5) is 9.14. The number of anilines is 1. The minimum absolute atomic E-state index is 0.0269. The van der Waals surface area contributed by atoms with Crippen LogP contribution in [-0.2, 0) is 10.9 Å². The first kappa shape index (κ1) is 21.4. The molecule has 0 amide bonds. The van der Waals surface area contributed by atoms with Gasteiger partial charge in [0.25, 0.3) is 5.95 Å². The van der Waals surface area contributed by atoms with Crippen LogP contribution >= 0.6 is 0 Å². The Morgan fingerprint density at radius 2 is 1.74 bits per heavy atom. The van der Waals surface area contributed by atoms with Crippen molar-refractivity contribution in [1.29, 1.82) is 5.26 Å². The van der Waals surface area contributed by atoms with Gasteiger partial charge in [0, 0.05) is 19.3 Å². The van der Waals surface area contributed by atoms with Crippen LogP contribution in [0.2, 0.25) is 0 Å². The van der Waals surface area contributed by atoms with Gasteiger partial charge >= 0.3 is 12.1 Å². The molecule has 2 aromatic heterocycles. The van der Waals surface area contributed by atoms with Crippen LogP contribution in [0.3, 0.4) is 0 Å². The van der Waals surface area contributed by atoms with Crippen molar-refractivity contribution < 1.29 is 27.2 Å². The lowest BCUT2D eigenvalue weighted by molar-refractivity contribution is -0.159. The van der Waals surface area contributed by atoms with Gasteiger partial charge in [0.05, 0.1) is 18.3 Å². The second-order valence-corrected chi connectivity index (χ2v) is 7.70. The van der Waals surface area contributed by atoms with E-state index in [0.717, 1.165) is 25.7 Å². The van der Waals surface area contributed by atoms with Gasteiger partial charge in [0.1, 0.15) is 6.07 Å². The van der Waals surface area contributed by atoms with Gasteiger partial charge in [0.2, 0.25) is 0 Å². The van der Waals surface area contributed by atoms with Crippen molar-refractivity contribution in [3.63, 3.8) is 0 Å². The highest BCUT2D eigenvalue weighted by Crippen LogP contribution is 2.31. The molecule has 8 nitrogen and oxygen atoms in total. The number of halogens is 3. The van der Waals surface area contributed by atoms with E-state index in [9.17, 15) is 13.2 Å². The van der Waals surface area contributed by atoms with Crippen molar-refractivity contribution in [3.8, 4) is 11.8 Å². The third-order valence-corrected chi connectivity index (χ3v) is 5.56. The predicted molar refractivity (Wildman–Crippen MR) is 101 cm³/mol. The quantitative estimate of drug-likeness (QED) is 0.698. The lowest BCUT2D eigenvalue weighted by atomic mass is 9.94. The van der Waals surface area contributed by atoms with Crippen LogP contribution in [0.25, 0.3) is 0 Å². The van der Waals surface area contributed by atoms with Gasteiger partial charge in [0.15, 0.2) is 11.4 Å². The molecule has 11 heteroatoms. The summed E-state index contributed by atoms with van der Waals surface area (Å²) < 4.78 is 54.3. The fourth-order valence-corrected chi connectivity index (χ4v) is 3.96. The van der Waals surface area contributed by atoms with Gasteiger partial charge in [-0.1, -0.05) is 0 Å². The van der Waals surface area contributed by atoms with Crippen molar-refractivity contribution in [1.82, 2.24) is 15.1 Å². The number of nitrogens with zero attached hydrogens (tertiary/aromatic N) is 5. The Balaban J connectivity index is 1.21. The smallest absolute Gasteiger partial charge is 0.471 e. The number of alkyl halides is 3. The molecule has 0 unspecified atom stereocenters. The lowest BCUT2D eigenvalue weighted by Crippen LogP contribution is -2.40. The second kappa shape index (κ2) is 9.09. The normalized spacial score (nSPS) is 22.8. The summed E-state index contributed by atoms with van der Waals surface area (Å²) in [6, 6.07) is 5.54. The third kappa shape index (κ3) is 5.25. The third-order valence-electron chi connectivity index (χ3n) is 5.56. The number of hydrogen-bond donors (Lipinski definition) is 0. The van der Waals surface area contributed by atoms with E-state index in [4.69, 9.17) is 14.7 Å². The zero-order valence-corrected chi connectivity index (χ0v) is 16.7. The molecule has 31 heavy (non-hydrogen) atoms. The standard InChI is InChI=1S/C20H22F3N5O3/c21-20(22,23)18-26-19(27-31-18)28-10-7-15(8-11-28)29-13-3-5-14(6-4-13)30-17-2-1-9-25-16(17)12-24/h1-2,9,13-15H,3-8,10-11H2. The molecule has 2 aliphatic rings. The van der Waals surface area contributed by atoms with E-state index in [1.165, 1.54) is 0 Å². The summed E-state index contributed by atoms with van der Waals surface area (Å²) in [6.07, 6.45) is 1.87. The number of aromatic nitrogens is 3. The first-order valence-corrected chi connectivity index (χ1v) is 10.3. The van der Waals surface area contributed by atoms with Crippen molar-refractivity contribution in [2.45, 2.75) is 63.0 Å². The Labute approximate surface area is 177 Å². The second-order valence-electron chi connectivity index (χ2n) is 7.70.